The smallest absolute Gasteiger partial charge is 0.191 e. The van der Waals surface area contributed by atoms with Gasteiger partial charge in [0.15, 0.2) is 5.96 Å². The molecule has 3 aromatic rings. The third-order valence-electron chi connectivity index (χ3n) is 3.83. The van der Waals surface area contributed by atoms with Crippen LogP contribution in [-0.4, -0.2) is 19.6 Å². The molecule has 4 nitrogen and oxygen atoms in total. The highest BCUT2D eigenvalue weighted by Crippen LogP contribution is 2.24. The van der Waals surface area contributed by atoms with Crippen LogP contribution in [0.2, 0.25) is 0 Å². The highest BCUT2D eigenvalue weighted by Gasteiger charge is 2.10. The summed E-state index contributed by atoms with van der Waals surface area (Å²) in [5.41, 5.74) is 2.12. The number of aliphatic imine (C=N–C) groups is 1. The first kappa shape index (κ1) is 15.6. The second-order valence-electron chi connectivity index (χ2n) is 5.33. The Bertz CT molecular complexity index is 790. The maximum Gasteiger partial charge on any atom is 0.191 e. The summed E-state index contributed by atoms with van der Waals surface area (Å²) in [6.07, 6.45) is 1.00. The van der Waals surface area contributed by atoms with Crippen LogP contribution in [0.3, 0.4) is 0 Å². The number of hydrogen-bond acceptors (Lipinski definition) is 3. The lowest BCUT2D eigenvalue weighted by Gasteiger charge is -2.10. The van der Waals surface area contributed by atoms with Gasteiger partial charge >= 0.3 is 0 Å². The summed E-state index contributed by atoms with van der Waals surface area (Å²) in [5, 5.41) is 9.93. The summed E-state index contributed by atoms with van der Waals surface area (Å²) in [7, 11) is 1.78. The van der Waals surface area contributed by atoms with Crippen LogP contribution in [0.4, 0.5) is 0 Å². The lowest BCUT2D eigenvalue weighted by molar-refractivity contribution is 0.534. The first-order valence-corrected chi connectivity index (χ1v) is 8.60. The Labute approximate surface area is 140 Å². The average molecular weight is 327 g/mol. The van der Waals surface area contributed by atoms with E-state index in [1.165, 1.54) is 15.8 Å². The zero-order valence-corrected chi connectivity index (χ0v) is 14.2. The molecule has 2 N–H and O–H groups in total. The van der Waals surface area contributed by atoms with E-state index in [0.717, 1.165) is 30.3 Å². The highest BCUT2D eigenvalue weighted by molar-refractivity contribution is 7.09. The minimum atomic E-state index is 0.624. The van der Waals surface area contributed by atoms with Crippen LogP contribution >= 0.6 is 11.3 Å². The Hall–Kier alpha value is -2.27. The average Bonchev–Trinajstić information content (AvgIpc) is 3.19. The number of fused-ring (bicyclic) bond motifs is 1. The third-order valence-corrected chi connectivity index (χ3v) is 4.76. The van der Waals surface area contributed by atoms with Gasteiger partial charge in [0.25, 0.3) is 0 Å². The minimum Gasteiger partial charge on any atom is -0.459 e. The molecule has 5 heteroatoms. The van der Waals surface area contributed by atoms with Gasteiger partial charge in [-0.25, -0.2) is 0 Å². The van der Waals surface area contributed by atoms with Gasteiger partial charge in [-0.05, 0) is 30.9 Å². The van der Waals surface area contributed by atoms with Crippen molar-refractivity contribution in [3.63, 3.8) is 0 Å². The molecule has 23 heavy (non-hydrogen) atoms. The largest absolute Gasteiger partial charge is 0.459 e. The Kier molecular flexibility index (Phi) is 4.98. The zero-order valence-electron chi connectivity index (χ0n) is 13.4. The summed E-state index contributed by atoms with van der Waals surface area (Å²) in [5.74, 6) is 1.74. The Balaban J connectivity index is 1.55. The quantitative estimate of drug-likeness (QED) is 0.555. The molecule has 0 spiro atoms. The first-order valence-electron chi connectivity index (χ1n) is 7.72. The van der Waals surface area contributed by atoms with Crippen molar-refractivity contribution in [3.8, 4) is 0 Å². The normalized spacial score (nSPS) is 11.8. The number of aryl methyl sites for hydroxylation is 1. The van der Waals surface area contributed by atoms with E-state index in [9.17, 15) is 0 Å². The molecule has 0 saturated heterocycles. The molecule has 1 aromatic carbocycles. The van der Waals surface area contributed by atoms with Crippen molar-refractivity contribution in [2.24, 2.45) is 4.99 Å². The molecular formula is C18H21N3OS. The summed E-state index contributed by atoms with van der Waals surface area (Å²) in [6.45, 7) is 3.58. The predicted molar refractivity (Wildman–Crippen MR) is 97.2 cm³/mol. The molecule has 120 valence electrons. The van der Waals surface area contributed by atoms with Crippen molar-refractivity contribution in [3.05, 3.63) is 58.0 Å². The molecule has 0 radical (unpaired) electrons. The molecular weight excluding hydrogens is 306 g/mol. The van der Waals surface area contributed by atoms with Gasteiger partial charge in [0.1, 0.15) is 11.3 Å². The first-order chi connectivity index (χ1) is 11.3. The Morgan fingerprint density at radius 2 is 2.04 bits per heavy atom. The van der Waals surface area contributed by atoms with E-state index in [4.69, 9.17) is 4.42 Å². The van der Waals surface area contributed by atoms with Crippen molar-refractivity contribution in [1.82, 2.24) is 10.6 Å². The van der Waals surface area contributed by atoms with Gasteiger partial charge in [-0.3, -0.25) is 4.99 Å². The van der Waals surface area contributed by atoms with E-state index >= 15 is 0 Å². The minimum absolute atomic E-state index is 0.624. The van der Waals surface area contributed by atoms with E-state index in [-0.39, 0.29) is 0 Å². The standard InChI is InChI=1S/C18H21N3OS/c1-13-15-7-3-4-8-16(15)22-17(13)12-21-18(19-2)20-10-9-14-6-5-11-23-14/h3-8,11H,9-10,12H2,1-2H3,(H2,19,20,21). The number of benzene rings is 1. The van der Waals surface area contributed by atoms with Gasteiger partial charge in [0.2, 0.25) is 0 Å². The van der Waals surface area contributed by atoms with Crippen LogP contribution in [0.1, 0.15) is 16.2 Å². The molecule has 0 amide bonds. The van der Waals surface area contributed by atoms with E-state index in [1.54, 1.807) is 18.4 Å². The molecule has 2 heterocycles. The second kappa shape index (κ2) is 7.33. The lowest BCUT2D eigenvalue weighted by Crippen LogP contribution is -2.37. The zero-order chi connectivity index (χ0) is 16.1. The van der Waals surface area contributed by atoms with Gasteiger partial charge in [0, 0.05) is 29.4 Å². The van der Waals surface area contributed by atoms with Crippen LogP contribution in [0.15, 0.2) is 51.2 Å². The van der Waals surface area contributed by atoms with E-state index in [1.807, 2.05) is 18.2 Å². The SMILES string of the molecule is CN=C(NCCc1cccs1)NCc1oc2ccccc2c1C. The van der Waals surface area contributed by atoms with Crippen LogP contribution in [0, 0.1) is 6.92 Å². The van der Waals surface area contributed by atoms with Crippen molar-refractivity contribution in [2.45, 2.75) is 19.9 Å². The van der Waals surface area contributed by atoms with E-state index in [2.05, 4.69) is 46.1 Å². The molecule has 0 fully saturated rings. The number of furan rings is 1. The summed E-state index contributed by atoms with van der Waals surface area (Å²) < 4.78 is 5.91. The molecule has 0 aliphatic heterocycles. The molecule has 0 aliphatic rings. The Morgan fingerprint density at radius 1 is 1.17 bits per heavy atom. The molecule has 3 rings (SSSR count). The number of rotatable bonds is 5. The monoisotopic (exact) mass is 327 g/mol. The molecule has 0 bridgehead atoms. The van der Waals surface area contributed by atoms with Gasteiger partial charge in [-0.15, -0.1) is 11.3 Å². The van der Waals surface area contributed by atoms with Crippen LogP contribution in [-0.2, 0) is 13.0 Å². The fourth-order valence-corrected chi connectivity index (χ4v) is 3.25. The van der Waals surface area contributed by atoms with Crippen LogP contribution < -0.4 is 10.6 Å². The number of guanidine groups is 1. The van der Waals surface area contributed by atoms with E-state index < -0.39 is 0 Å². The fourth-order valence-electron chi connectivity index (χ4n) is 2.54. The van der Waals surface area contributed by atoms with Crippen LogP contribution in [0.5, 0.6) is 0 Å². The molecule has 0 saturated carbocycles. The number of para-hydroxylation sites is 1. The van der Waals surface area contributed by atoms with Gasteiger partial charge in [-0.1, -0.05) is 24.3 Å². The van der Waals surface area contributed by atoms with E-state index in [0.29, 0.717) is 6.54 Å². The predicted octanol–water partition coefficient (Wildman–Crippen LogP) is 3.71. The summed E-state index contributed by atoms with van der Waals surface area (Å²) in [6, 6.07) is 12.4. The van der Waals surface area contributed by atoms with Crippen molar-refractivity contribution < 1.29 is 4.42 Å². The third kappa shape index (κ3) is 3.74. The number of nitrogens with zero attached hydrogens (tertiary/aromatic N) is 1. The highest BCUT2D eigenvalue weighted by atomic mass is 32.1. The van der Waals surface area contributed by atoms with Gasteiger partial charge in [-0.2, -0.15) is 0 Å². The van der Waals surface area contributed by atoms with Gasteiger partial charge in [0.05, 0.1) is 6.54 Å². The van der Waals surface area contributed by atoms with Crippen molar-refractivity contribution in [1.29, 1.82) is 0 Å². The number of nitrogens with one attached hydrogen (secondary N) is 2. The second-order valence-corrected chi connectivity index (χ2v) is 6.36. The van der Waals surface area contributed by atoms with Crippen molar-refractivity contribution in [2.75, 3.05) is 13.6 Å². The molecule has 0 atom stereocenters. The molecule has 0 unspecified atom stereocenters. The van der Waals surface area contributed by atoms with Crippen LogP contribution in [0.25, 0.3) is 11.0 Å². The topological polar surface area (TPSA) is 49.6 Å². The maximum atomic E-state index is 5.91. The summed E-state index contributed by atoms with van der Waals surface area (Å²) >= 11 is 1.78. The number of hydrogen-bond donors (Lipinski definition) is 2. The summed E-state index contributed by atoms with van der Waals surface area (Å²) in [4.78, 5) is 5.64. The Morgan fingerprint density at radius 3 is 2.78 bits per heavy atom. The number of thiophene rings is 1. The molecule has 0 aliphatic carbocycles. The van der Waals surface area contributed by atoms with Gasteiger partial charge < -0.3 is 15.1 Å². The molecule has 2 aromatic heterocycles. The lowest BCUT2D eigenvalue weighted by atomic mass is 10.1. The fraction of sp³-hybridized carbons (Fsp3) is 0.278. The van der Waals surface area contributed by atoms with Crippen molar-refractivity contribution >= 4 is 28.3 Å². The maximum absolute atomic E-state index is 5.91.